The van der Waals surface area contributed by atoms with Crippen molar-refractivity contribution in [2.45, 2.75) is 72.6 Å². The topological polar surface area (TPSA) is 97.0 Å². The van der Waals surface area contributed by atoms with E-state index >= 15 is 0 Å². The third-order valence-corrected chi connectivity index (χ3v) is 6.09. The molecule has 2 N–H and O–H groups in total. The summed E-state index contributed by atoms with van der Waals surface area (Å²) in [6, 6.07) is 12.7. The molecule has 8 nitrogen and oxygen atoms in total. The van der Waals surface area contributed by atoms with Gasteiger partial charge in [-0.15, -0.1) is 0 Å². The molecule has 8 heteroatoms. The number of ether oxygens (including phenoxy) is 2. The molecule has 0 aliphatic carbocycles. The van der Waals surface area contributed by atoms with E-state index in [2.05, 4.69) is 10.6 Å². The SMILES string of the molecule is CCC(C)C(NC(=O)OC(C)(C)C)C(=O)N(CC)C(C(=O)Nc1ccc(OC)cc1)c1ccc(C)cc1. The Bertz CT molecular complexity index is 1040. The van der Waals surface area contributed by atoms with Crippen molar-refractivity contribution in [2.24, 2.45) is 5.92 Å². The summed E-state index contributed by atoms with van der Waals surface area (Å²) in [6.07, 6.45) is -0.0199. The number of aryl methyl sites for hydroxylation is 1. The number of amides is 3. The normalized spacial score (nSPS) is 13.6. The molecule has 0 bridgehead atoms. The molecule has 0 saturated carbocycles. The summed E-state index contributed by atoms with van der Waals surface area (Å²) in [5, 5.41) is 5.69. The van der Waals surface area contributed by atoms with Crippen LogP contribution in [0.1, 0.15) is 65.1 Å². The molecule has 202 valence electrons. The largest absolute Gasteiger partial charge is 0.497 e. The molecule has 37 heavy (non-hydrogen) atoms. The van der Waals surface area contributed by atoms with Crippen molar-refractivity contribution < 1.29 is 23.9 Å². The van der Waals surface area contributed by atoms with Crippen LogP contribution in [0.15, 0.2) is 48.5 Å². The first kappa shape index (κ1) is 29.7. The number of carbonyl (C=O) groups is 3. The number of anilines is 1. The molecule has 2 rings (SSSR count). The highest BCUT2D eigenvalue weighted by atomic mass is 16.6. The van der Waals surface area contributed by atoms with Crippen molar-refractivity contribution in [3.63, 3.8) is 0 Å². The average Bonchev–Trinajstić information content (AvgIpc) is 2.85. The second kappa shape index (κ2) is 13.1. The zero-order valence-corrected chi connectivity index (χ0v) is 23.3. The molecule has 0 saturated heterocycles. The van der Waals surface area contributed by atoms with Crippen molar-refractivity contribution in [1.82, 2.24) is 10.2 Å². The van der Waals surface area contributed by atoms with Crippen LogP contribution in [0.4, 0.5) is 10.5 Å². The number of hydrogen-bond acceptors (Lipinski definition) is 5. The zero-order valence-electron chi connectivity index (χ0n) is 23.3. The summed E-state index contributed by atoms with van der Waals surface area (Å²) >= 11 is 0. The van der Waals surface area contributed by atoms with Gasteiger partial charge in [0.1, 0.15) is 23.4 Å². The maximum atomic E-state index is 14.0. The molecule has 0 radical (unpaired) electrons. The van der Waals surface area contributed by atoms with Gasteiger partial charge in [-0.2, -0.15) is 0 Å². The van der Waals surface area contributed by atoms with Crippen LogP contribution in [0.3, 0.4) is 0 Å². The van der Waals surface area contributed by atoms with Crippen LogP contribution in [-0.2, 0) is 14.3 Å². The Morgan fingerprint density at radius 2 is 1.57 bits per heavy atom. The van der Waals surface area contributed by atoms with Crippen molar-refractivity contribution >= 4 is 23.6 Å². The summed E-state index contributed by atoms with van der Waals surface area (Å²) in [5.41, 5.74) is 1.58. The van der Waals surface area contributed by atoms with Crippen molar-refractivity contribution in [2.75, 3.05) is 19.0 Å². The van der Waals surface area contributed by atoms with E-state index in [1.807, 2.05) is 52.0 Å². The molecule has 0 spiro atoms. The third kappa shape index (κ3) is 8.51. The maximum absolute atomic E-state index is 14.0. The smallest absolute Gasteiger partial charge is 0.408 e. The number of nitrogens with one attached hydrogen (secondary N) is 2. The highest BCUT2D eigenvalue weighted by Crippen LogP contribution is 2.26. The minimum atomic E-state index is -0.910. The monoisotopic (exact) mass is 511 g/mol. The molecule has 0 aliphatic heterocycles. The van der Waals surface area contributed by atoms with Crippen LogP contribution in [0.2, 0.25) is 0 Å². The van der Waals surface area contributed by atoms with Gasteiger partial charge in [-0.25, -0.2) is 4.79 Å². The number of methoxy groups -OCH3 is 1. The van der Waals surface area contributed by atoms with E-state index in [1.54, 1.807) is 52.1 Å². The minimum absolute atomic E-state index is 0.183. The average molecular weight is 512 g/mol. The Hall–Kier alpha value is -3.55. The van der Waals surface area contributed by atoms with Gasteiger partial charge >= 0.3 is 6.09 Å². The lowest BCUT2D eigenvalue weighted by Crippen LogP contribution is -2.54. The standard InChI is InChI=1S/C29H41N3O5/c1-9-20(4)24(31-28(35)37-29(5,6)7)27(34)32(10-2)25(21-13-11-19(3)12-14-21)26(33)30-22-15-17-23(36-8)18-16-22/h11-18,20,24-25H,9-10H2,1-8H3,(H,30,33)(H,31,35). The lowest BCUT2D eigenvalue weighted by Gasteiger charge is -2.35. The molecule has 3 atom stereocenters. The van der Waals surface area contributed by atoms with Crippen molar-refractivity contribution in [3.05, 3.63) is 59.7 Å². The van der Waals surface area contributed by atoms with Gasteiger partial charge in [-0.1, -0.05) is 50.1 Å². The number of alkyl carbamates (subject to hydrolysis) is 1. The summed E-state index contributed by atoms with van der Waals surface area (Å²) in [4.78, 5) is 41.8. The van der Waals surface area contributed by atoms with E-state index in [9.17, 15) is 14.4 Å². The first-order valence-corrected chi connectivity index (χ1v) is 12.7. The lowest BCUT2D eigenvalue weighted by molar-refractivity contribution is -0.141. The number of hydrogen-bond donors (Lipinski definition) is 2. The van der Waals surface area contributed by atoms with E-state index < -0.39 is 23.8 Å². The molecule has 0 aromatic heterocycles. The molecular weight excluding hydrogens is 470 g/mol. The van der Waals surface area contributed by atoms with Gasteiger partial charge in [0.2, 0.25) is 5.91 Å². The highest BCUT2D eigenvalue weighted by molar-refractivity contribution is 5.99. The summed E-state index contributed by atoms with van der Waals surface area (Å²) in [7, 11) is 1.57. The summed E-state index contributed by atoms with van der Waals surface area (Å²) < 4.78 is 10.6. The molecule has 0 heterocycles. The summed E-state index contributed by atoms with van der Waals surface area (Å²) in [6.45, 7) is 13.2. The van der Waals surface area contributed by atoms with Gasteiger partial charge in [0.05, 0.1) is 7.11 Å². The Morgan fingerprint density at radius 3 is 2.05 bits per heavy atom. The minimum Gasteiger partial charge on any atom is -0.497 e. The Morgan fingerprint density at radius 1 is 0.973 bits per heavy atom. The predicted octanol–water partition coefficient (Wildman–Crippen LogP) is 5.47. The van der Waals surface area contributed by atoms with Crippen LogP contribution in [0.5, 0.6) is 5.75 Å². The molecule has 2 aromatic rings. The molecule has 3 amide bonds. The molecule has 3 unspecified atom stereocenters. The van der Waals surface area contributed by atoms with E-state index in [1.165, 1.54) is 4.90 Å². The van der Waals surface area contributed by atoms with Crippen molar-refractivity contribution in [3.8, 4) is 5.75 Å². The fourth-order valence-electron chi connectivity index (χ4n) is 3.87. The maximum Gasteiger partial charge on any atom is 0.408 e. The molecule has 0 fully saturated rings. The second-order valence-electron chi connectivity index (χ2n) is 10.2. The Balaban J connectivity index is 2.44. The Labute approximate surface area is 220 Å². The van der Waals surface area contributed by atoms with Crippen LogP contribution < -0.4 is 15.4 Å². The molecular formula is C29H41N3O5. The highest BCUT2D eigenvalue weighted by Gasteiger charge is 2.37. The summed E-state index contributed by atoms with van der Waals surface area (Å²) in [5.74, 6) is -0.219. The van der Waals surface area contributed by atoms with Gasteiger partial charge in [0.25, 0.3) is 5.91 Å². The van der Waals surface area contributed by atoms with E-state index in [0.29, 0.717) is 23.4 Å². The van der Waals surface area contributed by atoms with Gasteiger partial charge in [-0.3, -0.25) is 9.59 Å². The fraction of sp³-hybridized carbons (Fsp3) is 0.483. The Kier molecular flexibility index (Phi) is 10.5. The first-order valence-electron chi connectivity index (χ1n) is 12.7. The number of benzene rings is 2. The molecule has 2 aromatic carbocycles. The second-order valence-corrected chi connectivity index (χ2v) is 10.2. The fourth-order valence-corrected chi connectivity index (χ4v) is 3.87. The first-order chi connectivity index (χ1) is 17.4. The number of carbonyl (C=O) groups excluding carboxylic acids is 3. The van der Waals surface area contributed by atoms with Gasteiger partial charge < -0.3 is 25.0 Å². The quantitative estimate of drug-likeness (QED) is 0.441. The van der Waals surface area contributed by atoms with E-state index in [4.69, 9.17) is 9.47 Å². The van der Waals surface area contributed by atoms with Crippen LogP contribution in [0, 0.1) is 12.8 Å². The number of nitrogens with zero attached hydrogens (tertiary/aromatic N) is 1. The van der Waals surface area contributed by atoms with Crippen LogP contribution >= 0.6 is 0 Å². The molecule has 0 aliphatic rings. The van der Waals surface area contributed by atoms with Crippen LogP contribution in [0.25, 0.3) is 0 Å². The van der Waals surface area contributed by atoms with E-state index in [0.717, 1.165) is 5.56 Å². The predicted molar refractivity (Wildman–Crippen MR) is 146 cm³/mol. The van der Waals surface area contributed by atoms with Crippen molar-refractivity contribution in [1.29, 1.82) is 0 Å². The van der Waals surface area contributed by atoms with E-state index in [-0.39, 0.29) is 24.3 Å². The number of rotatable bonds is 10. The van der Waals surface area contributed by atoms with Gasteiger partial charge in [0.15, 0.2) is 0 Å². The van der Waals surface area contributed by atoms with Gasteiger partial charge in [0, 0.05) is 12.2 Å². The third-order valence-electron chi connectivity index (χ3n) is 6.09. The number of likely N-dealkylation sites (N-methyl/N-ethyl adjacent to an activating group) is 1. The van der Waals surface area contributed by atoms with Crippen LogP contribution in [-0.4, -0.2) is 48.1 Å². The van der Waals surface area contributed by atoms with Gasteiger partial charge in [-0.05, 0) is 70.4 Å². The lowest BCUT2D eigenvalue weighted by atomic mass is 9.95. The zero-order chi connectivity index (χ0) is 27.8.